The molecule has 5 heteroatoms. The summed E-state index contributed by atoms with van der Waals surface area (Å²) >= 11 is 0. The van der Waals surface area contributed by atoms with Crippen LogP contribution in [0.1, 0.15) is 6.92 Å². The Morgan fingerprint density at radius 2 is 2.41 bits per heavy atom. The van der Waals surface area contributed by atoms with Gasteiger partial charge in [-0.3, -0.25) is 4.79 Å². The molecule has 2 heterocycles. The third-order valence-corrected chi connectivity index (χ3v) is 2.63. The van der Waals surface area contributed by atoms with Crippen molar-refractivity contribution in [3.63, 3.8) is 0 Å². The molecule has 0 aliphatic rings. The molecule has 2 aromatic rings. The van der Waals surface area contributed by atoms with Crippen molar-refractivity contribution in [3.8, 4) is 11.4 Å². The number of hydrogen-bond acceptors (Lipinski definition) is 3. The molecule has 0 aliphatic heterocycles. The van der Waals surface area contributed by atoms with Crippen LogP contribution < -0.4 is 5.56 Å². The zero-order valence-corrected chi connectivity index (χ0v) is 9.88. The van der Waals surface area contributed by atoms with Crippen LogP contribution in [0.3, 0.4) is 0 Å². The number of imidazole rings is 1. The highest BCUT2D eigenvalue weighted by Gasteiger charge is 2.11. The second-order valence-corrected chi connectivity index (χ2v) is 3.86. The van der Waals surface area contributed by atoms with E-state index in [-0.39, 0.29) is 11.7 Å². The molecular formula is C12H15N3O2. The van der Waals surface area contributed by atoms with E-state index in [9.17, 15) is 4.79 Å². The van der Waals surface area contributed by atoms with Gasteiger partial charge in [-0.1, -0.05) is 0 Å². The van der Waals surface area contributed by atoms with Gasteiger partial charge in [-0.25, -0.2) is 4.98 Å². The Morgan fingerprint density at radius 1 is 1.59 bits per heavy atom. The Morgan fingerprint density at radius 3 is 3.12 bits per heavy atom. The quantitative estimate of drug-likeness (QED) is 0.865. The average molecular weight is 233 g/mol. The first-order chi connectivity index (χ1) is 8.22. The van der Waals surface area contributed by atoms with E-state index in [0.717, 1.165) is 0 Å². The molecule has 2 aromatic heterocycles. The van der Waals surface area contributed by atoms with Crippen molar-refractivity contribution < 1.29 is 4.74 Å². The molecule has 90 valence electrons. The number of nitrogens with one attached hydrogen (secondary N) is 1. The summed E-state index contributed by atoms with van der Waals surface area (Å²) in [5.74, 6) is 0.663. The lowest BCUT2D eigenvalue weighted by molar-refractivity contribution is 0.103. The molecular weight excluding hydrogens is 218 g/mol. The first-order valence-electron chi connectivity index (χ1n) is 5.44. The van der Waals surface area contributed by atoms with Crippen LogP contribution in [-0.4, -0.2) is 27.7 Å². The normalized spacial score (nSPS) is 12.6. The topological polar surface area (TPSA) is 59.9 Å². The predicted molar refractivity (Wildman–Crippen MR) is 64.8 cm³/mol. The van der Waals surface area contributed by atoms with Crippen LogP contribution >= 0.6 is 0 Å². The highest BCUT2D eigenvalue weighted by atomic mass is 16.5. The van der Waals surface area contributed by atoms with E-state index >= 15 is 0 Å². The number of rotatable bonds is 4. The summed E-state index contributed by atoms with van der Waals surface area (Å²) in [7, 11) is 1.66. The van der Waals surface area contributed by atoms with E-state index in [2.05, 4.69) is 9.97 Å². The minimum atomic E-state index is -0.134. The third-order valence-electron chi connectivity index (χ3n) is 2.63. The molecule has 0 saturated heterocycles. The van der Waals surface area contributed by atoms with Gasteiger partial charge in [-0.2, -0.15) is 0 Å². The van der Waals surface area contributed by atoms with E-state index in [1.54, 1.807) is 31.6 Å². The minimum Gasteiger partial charge on any atom is -0.380 e. The van der Waals surface area contributed by atoms with Crippen LogP contribution in [0.4, 0.5) is 0 Å². The van der Waals surface area contributed by atoms with Gasteiger partial charge in [0.15, 0.2) is 0 Å². The molecule has 1 atom stereocenters. The average Bonchev–Trinajstić information content (AvgIpc) is 2.77. The van der Waals surface area contributed by atoms with Crippen LogP contribution in [0, 0.1) is 0 Å². The number of H-pyrrole nitrogens is 1. The Hall–Kier alpha value is -1.88. The molecule has 0 saturated carbocycles. The van der Waals surface area contributed by atoms with Gasteiger partial charge in [-0.15, -0.1) is 0 Å². The largest absolute Gasteiger partial charge is 0.380 e. The van der Waals surface area contributed by atoms with Crippen LogP contribution in [0.25, 0.3) is 11.4 Å². The summed E-state index contributed by atoms with van der Waals surface area (Å²) < 4.78 is 7.13. The molecule has 1 N–H and O–H groups in total. The summed E-state index contributed by atoms with van der Waals surface area (Å²) in [5, 5.41) is 0. The molecule has 0 fully saturated rings. The van der Waals surface area contributed by atoms with Crippen LogP contribution in [0.2, 0.25) is 0 Å². The van der Waals surface area contributed by atoms with E-state index in [4.69, 9.17) is 4.74 Å². The fraction of sp³-hybridized carbons (Fsp3) is 0.333. The molecule has 0 amide bonds. The molecule has 0 bridgehead atoms. The first kappa shape index (κ1) is 11.6. The standard InChI is InChI=1S/C12H15N3O2/c1-9(17-2)8-15-7-6-13-11(15)10-4-3-5-14-12(10)16/h3-7,9H,8H2,1-2H3,(H,14,16). The molecule has 17 heavy (non-hydrogen) atoms. The maximum atomic E-state index is 11.7. The fourth-order valence-corrected chi connectivity index (χ4v) is 1.65. The Kier molecular flexibility index (Phi) is 3.39. The van der Waals surface area contributed by atoms with Gasteiger partial charge >= 0.3 is 0 Å². The lowest BCUT2D eigenvalue weighted by Gasteiger charge is -2.12. The number of methoxy groups -OCH3 is 1. The van der Waals surface area contributed by atoms with Crippen LogP contribution in [-0.2, 0) is 11.3 Å². The zero-order valence-electron chi connectivity index (χ0n) is 9.88. The molecule has 0 spiro atoms. The molecule has 1 unspecified atom stereocenters. The van der Waals surface area contributed by atoms with Crippen molar-refractivity contribution in [2.45, 2.75) is 19.6 Å². The number of nitrogens with zero attached hydrogens (tertiary/aromatic N) is 2. The summed E-state index contributed by atoms with van der Waals surface area (Å²) in [6.07, 6.45) is 5.21. The molecule has 0 aromatic carbocycles. The van der Waals surface area contributed by atoms with Crippen molar-refractivity contribution in [1.82, 2.24) is 14.5 Å². The number of pyridine rings is 1. The number of hydrogen-bond donors (Lipinski definition) is 1. The maximum Gasteiger partial charge on any atom is 0.258 e. The van der Waals surface area contributed by atoms with Gasteiger partial charge in [0.2, 0.25) is 0 Å². The summed E-state index contributed by atoms with van der Waals surface area (Å²) in [6, 6.07) is 3.55. The summed E-state index contributed by atoms with van der Waals surface area (Å²) in [4.78, 5) is 18.5. The summed E-state index contributed by atoms with van der Waals surface area (Å²) in [5.41, 5.74) is 0.436. The van der Waals surface area contributed by atoms with Crippen molar-refractivity contribution >= 4 is 0 Å². The van der Waals surface area contributed by atoms with Gasteiger partial charge in [0, 0.05) is 25.7 Å². The fourth-order valence-electron chi connectivity index (χ4n) is 1.65. The van der Waals surface area contributed by atoms with Gasteiger partial charge in [0.1, 0.15) is 5.82 Å². The molecule has 5 nitrogen and oxygen atoms in total. The maximum absolute atomic E-state index is 11.7. The Bertz CT molecular complexity index is 544. The van der Waals surface area contributed by atoms with Gasteiger partial charge in [0.05, 0.1) is 18.2 Å². The van der Waals surface area contributed by atoms with E-state index < -0.39 is 0 Å². The first-order valence-corrected chi connectivity index (χ1v) is 5.44. The van der Waals surface area contributed by atoms with Gasteiger partial charge in [0.25, 0.3) is 5.56 Å². The van der Waals surface area contributed by atoms with Crippen LogP contribution in [0.5, 0.6) is 0 Å². The number of aromatic amines is 1. The van der Waals surface area contributed by atoms with Gasteiger partial charge < -0.3 is 14.3 Å². The van der Waals surface area contributed by atoms with E-state index in [1.807, 2.05) is 17.7 Å². The van der Waals surface area contributed by atoms with Crippen molar-refractivity contribution in [2.24, 2.45) is 0 Å². The second-order valence-electron chi connectivity index (χ2n) is 3.86. The highest BCUT2D eigenvalue weighted by Crippen LogP contribution is 2.13. The second kappa shape index (κ2) is 4.97. The van der Waals surface area contributed by atoms with Gasteiger partial charge in [-0.05, 0) is 19.1 Å². The van der Waals surface area contributed by atoms with Crippen molar-refractivity contribution in [1.29, 1.82) is 0 Å². The van der Waals surface area contributed by atoms with Crippen LogP contribution in [0.15, 0.2) is 35.5 Å². The van der Waals surface area contributed by atoms with E-state index in [1.165, 1.54) is 0 Å². The SMILES string of the molecule is COC(C)Cn1ccnc1-c1ccc[nH]c1=O. The molecule has 0 radical (unpaired) electrons. The summed E-state index contributed by atoms with van der Waals surface area (Å²) in [6.45, 7) is 2.64. The molecule has 2 rings (SSSR count). The monoisotopic (exact) mass is 233 g/mol. The Balaban J connectivity index is 2.37. The van der Waals surface area contributed by atoms with Crippen molar-refractivity contribution in [3.05, 3.63) is 41.1 Å². The lowest BCUT2D eigenvalue weighted by Crippen LogP contribution is -2.17. The zero-order chi connectivity index (χ0) is 12.3. The number of ether oxygens (including phenoxy) is 1. The number of aromatic nitrogens is 3. The third kappa shape index (κ3) is 2.45. The van der Waals surface area contributed by atoms with Crippen molar-refractivity contribution in [2.75, 3.05) is 7.11 Å². The Labute approximate surface area is 99.1 Å². The lowest BCUT2D eigenvalue weighted by atomic mass is 10.2. The minimum absolute atomic E-state index is 0.0748. The highest BCUT2D eigenvalue weighted by molar-refractivity contribution is 5.53. The van der Waals surface area contributed by atoms with E-state index in [0.29, 0.717) is 17.9 Å². The smallest absolute Gasteiger partial charge is 0.258 e. The molecule has 0 aliphatic carbocycles. The predicted octanol–water partition coefficient (Wildman–Crippen LogP) is 1.27.